The summed E-state index contributed by atoms with van der Waals surface area (Å²) in [5, 5.41) is 3.20. The maximum Gasteiger partial charge on any atom is 0.330 e. The average molecular weight is 495 g/mol. The third-order valence-electron chi connectivity index (χ3n) is 7.15. The summed E-state index contributed by atoms with van der Waals surface area (Å²) in [4.78, 5) is 34.3. The van der Waals surface area contributed by atoms with Gasteiger partial charge >= 0.3 is 6.03 Å². The molecule has 1 saturated heterocycles. The summed E-state index contributed by atoms with van der Waals surface area (Å²) in [5.74, 6) is -0.495. The van der Waals surface area contributed by atoms with Crippen LogP contribution in [0.15, 0.2) is 77.1 Å². The molecule has 178 valence electrons. The first-order valence-electron chi connectivity index (χ1n) is 11.2. The van der Waals surface area contributed by atoms with Crippen LogP contribution >= 0.6 is 11.6 Å². The van der Waals surface area contributed by atoms with E-state index >= 15 is 4.39 Å². The Hall–Kier alpha value is -3.52. The Morgan fingerprint density at radius 1 is 1.09 bits per heavy atom. The van der Waals surface area contributed by atoms with Gasteiger partial charge in [0.2, 0.25) is 5.91 Å². The Kier molecular flexibility index (Phi) is 4.55. The van der Waals surface area contributed by atoms with Gasteiger partial charge in [0.05, 0.1) is 22.9 Å². The Morgan fingerprint density at radius 2 is 1.83 bits per heavy atom. The van der Waals surface area contributed by atoms with Crippen LogP contribution in [0.25, 0.3) is 0 Å². The lowest BCUT2D eigenvalue weighted by Gasteiger charge is -2.52. The van der Waals surface area contributed by atoms with E-state index < -0.39 is 40.9 Å². The number of alkyl halides is 1. The second-order valence-electron chi connectivity index (χ2n) is 9.57. The summed E-state index contributed by atoms with van der Waals surface area (Å²) in [6.45, 7) is 2.95. The zero-order valence-corrected chi connectivity index (χ0v) is 19.7. The van der Waals surface area contributed by atoms with Crippen LogP contribution in [0.2, 0.25) is 5.02 Å². The van der Waals surface area contributed by atoms with Gasteiger partial charge in [0.15, 0.2) is 5.67 Å². The normalized spacial score (nSPS) is 31.3. The smallest absolute Gasteiger partial charge is 0.323 e. The number of carbonyl (C=O) groups excluding carboxylic acids is 2. The van der Waals surface area contributed by atoms with E-state index in [1.807, 2.05) is 19.1 Å². The number of benzene rings is 2. The summed E-state index contributed by atoms with van der Waals surface area (Å²) in [6.07, 6.45) is 3.08. The van der Waals surface area contributed by atoms with Gasteiger partial charge in [-0.2, -0.15) is 0 Å². The number of fused-ring (bicyclic) bond motifs is 2. The van der Waals surface area contributed by atoms with Crippen molar-refractivity contribution in [2.24, 2.45) is 10.4 Å². The van der Waals surface area contributed by atoms with E-state index in [0.29, 0.717) is 22.1 Å². The summed E-state index contributed by atoms with van der Waals surface area (Å²) >= 11 is 6.11. The van der Waals surface area contributed by atoms with Crippen LogP contribution in [0.5, 0.6) is 0 Å². The fourth-order valence-electron chi connectivity index (χ4n) is 5.52. The minimum absolute atomic E-state index is 0.0479. The largest absolute Gasteiger partial charge is 0.330 e. The minimum atomic E-state index is -1.96. The molecule has 0 aromatic heterocycles. The van der Waals surface area contributed by atoms with E-state index in [-0.39, 0.29) is 12.2 Å². The highest BCUT2D eigenvalue weighted by molar-refractivity contribution is 6.30. The van der Waals surface area contributed by atoms with Gasteiger partial charge in [-0.25, -0.2) is 13.6 Å². The minimum Gasteiger partial charge on any atom is -0.323 e. The lowest BCUT2D eigenvalue weighted by atomic mass is 9.73. The molecule has 6 rings (SSSR count). The number of rotatable bonds is 2. The number of aliphatic imine (C=N–C) groups is 1. The standard InChI is InChI=1S/C26H21ClF2N4O2/c1-25-10-11-26(2,29)21-22(25)32(13-18(34)30-21)24(35)33-20(15-4-3-5-17(28)12-15)19(31-23(25)33)14-6-8-16(27)9-7-14/h3-12,19-20H,13H2,1-2H3,(H,30,34). The predicted molar refractivity (Wildman–Crippen MR) is 127 cm³/mol. The first kappa shape index (κ1) is 22.0. The maximum atomic E-state index is 15.5. The van der Waals surface area contributed by atoms with Crippen LogP contribution in [0.3, 0.4) is 0 Å². The maximum absolute atomic E-state index is 15.5. The highest BCUT2D eigenvalue weighted by Crippen LogP contribution is 2.55. The molecule has 2 aromatic rings. The molecule has 0 spiro atoms. The van der Waals surface area contributed by atoms with Crippen molar-refractivity contribution < 1.29 is 18.4 Å². The molecule has 9 heteroatoms. The van der Waals surface area contributed by atoms with E-state index in [0.717, 1.165) is 5.56 Å². The van der Waals surface area contributed by atoms with Crippen LogP contribution in [0.1, 0.15) is 37.1 Å². The molecule has 0 bridgehead atoms. The number of halogens is 3. The highest BCUT2D eigenvalue weighted by atomic mass is 35.5. The Morgan fingerprint density at radius 3 is 2.54 bits per heavy atom. The van der Waals surface area contributed by atoms with Gasteiger partial charge in [-0.15, -0.1) is 0 Å². The number of hydrogen-bond donors (Lipinski definition) is 1. The zero-order valence-electron chi connectivity index (χ0n) is 18.9. The van der Waals surface area contributed by atoms with Crippen LogP contribution in [0.4, 0.5) is 13.6 Å². The van der Waals surface area contributed by atoms with Gasteiger partial charge < -0.3 is 5.32 Å². The second-order valence-corrected chi connectivity index (χ2v) is 10.0. The molecule has 3 aliphatic heterocycles. The second kappa shape index (κ2) is 7.24. The van der Waals surface area contributed by atoms with Crippen LogP contribution in [0, 0.1) is 11.2 Å². The molecule has 35 heavy (non-hydrogen) atoms. The topological polar surface area (TPSA) is 65.0 Å². The summed E-state index contributed by atoms with van der Waals surface area (Å²) < 4.78 is 29.8. The third kappa shape index (κ3) is 3.09. The molecule has 3 heterocycles. The molecule has 2 aromatic carbocycles. The molecule has 3 amide bonds. The number of nitrogens with zero attached hydrogens (tertiary/aromatic N) is 3. The van der Waals surface area contributed by atoms with Crippen molar-refractivity contribution in [3.8, 4) is 0 Å². The van der Waals surface area contributed by atoms with Crippen molar-refractivity contribution in [3.05, 3.63) is 94.0 Å². The number of allylic oxidation sites excluding steroid dienone is 1. The van der Waals surface area contributed by atoms with Gasteiger partial charge in [-0.05, 0) is 55.3 Å². The molecule has 0 radical (unpaired) electrons. The number of amidine groups is 1. The zero-order chi connectivity index (χ0) is 24.7. The number of carbonyl (C=O) groups is 2. The molecular weight excluding hydrogens is 474 g/mol. The highest BCUT2D eigenvalue weighted by Gasteiger charge is 2.60. The molecule has 1 aliphatic carbocycles. The van der Waals surface area contributed by atoms with Gasteiger partial charge in [0, 0.05) is 5.02 Å². The third-order valence-corrected chi connectivity index (χ3v) is 7.41. The van der Waals surface area contributed by atoms with E-state index in [2.05, 4.69) is 5.32 Å². The lowest BCUT2D eigenvalue weighted by molar-refractivity contribution is -0.122. The monoisotopic (exact) mass is 494 g/mol. The first-order valence-corrected chi connectivity index (χ1v) is 11.6. The number of urea groups is 1. The fourth-order valence-corrected chi connectivity index (χ4v) is 5.64. The molecule has 4 atom stereocenters. The Balaban J connectivity index is 1.59. The van der Waals surface area contributed by atoms with Crippen molar-refractivity contribution in [1.82, 2.24) is 15.1 Å². The summed E-state index contributed by atoms with van der Waals surface area (Å²) in [6, 6.07) is 11.5. The van der Waals surface area contributed by atoms with E-state index in [1.54, 1.807) is 30.3 Å². The molecule has 0 saturated carbocycles. The summed E-state index contributed by atoms with van der Waals surface area (Å²) in [5.41, 5.74) is -1.17. The van der Waals surface area contributed by atoms with Crippen molar-refractivity contribution in [2.75, 3.05) is 6.54 Å². The first-order chi connectivity index (χ1) is 16.6. The molecule has 4 aliphatic rings. The SMILES string of the molecule is CC1(F)C=CC2(C)C3=NC(c4ccc(Cl)cc4)C(c4cccc(F)c4)N3C(=O)N3CC(=O)NC1=C32. The van der Waals surface area contributed by atoms with Crippen LogP contribution in [-0.2, 0) is 4.79 Å². The van der Waals surface area contributed by atoms with Crippen LogP contribution in [-0.4, -0.2) is 39.8 Å². The number of nitrogens with one attached hydrogen (secondary N) is 1. The quantitative estimate of drug-likeness (QED) is 0.593. The number of hydrogen-bond acceptors (Lipinski definition) is 3. The summed E-state index contributed by atoms with van der Waals surface area (Å²) in [7, 11) is 0. The average Bonchev–Trinajstić information content (AvgIpc) is 3.23. The number of amides is 3. The van der Waals surface area contributed by atoms with Crippen molar-refractivity contribution in [3.63, 3.8) is 0 Å². The molecule has 4 unspecified atom stereocenters. The van der Waals surface area contributed by atoms with E-state index in [9.17, 15) is 14.0 Å². The van der Waals surface area contributed by atoms with Crippen molar-refractivity contribution in [2.45, 2.75) is 31.6 Å². The Bertz CT molecular complexity index is 1380. The molecule has 1 N–H and O–H groups in total. The fraction of sp³-hybridized carbons (Fsp3) is 0.269. The predicted octanol–water partition coefficient (Wildman–Crippen LogP) is 5.06. The van der Waals surface area contributed by atoms with Crippen molar-refractivity contribution >= 4 is 29.4 Å². The Labute approximate surface area is 205 Å². The molecule has 6 nitrogen and oxygen atoms in total. The van der Waals surface area contributed by atoms with Gasteiger partial charge in [-0.3, -0.25) is 19.6 Å². The van der Waals surface area contributed by atoms with E-state index in [4.69, 9.17) is 16.6 Å². The molecule has 1 fully saturated rings. The van der Waals surface area contributed by atoms with E-state index in [1.165, 1.54) is 34.9 Å². The molecular formula is C26H21ClF2N4O2. The van der Waals surface area contributed by atoms with Crippen molar-refractivity contribution in [1.29, 1.82) is 0 Å². The van der Waals surface area contributed by atoms with Gasteiger partial charge in [-0.1, -0.05) is 41.9 Å². The van der Waals surface area contributed by atoms with Gasteiger partial charge in [0.25, 0.3) is 0 Å². The van der Waals surface area contributed by atoms with Crippen LogP contribution < -0.4 is 5.32 Å². The lowest BCUT2D eigenvalue weighted by Crippen LogP contribution is -2.65. The van der Waals surface area contributed by atoms with Gasteiger partial charge in [0.1, 0.15) is 24.2 Å².